The molecule has 0 bridgehead atoms. The van der Waals surface area contributed by atoms with Crippen LogP contribution in [0.2, 0.25) is 0 Å². The summed E-state index contributed by atoms with van der Waals surface area (Å²) < 4.78 is 7.19. The van der Waals surface area contributed by atoms with E-state index in [4.69, 9.17) is 9.84 Å². The highest BCUT2D eigenvalue weighted by atomic mass is 16.5. The van der Waals surface area contributed by atoms with Crippen LogP contribution in [0.15, 0.2) is 42.5 Å². The first-order valence-corrected chi connectivity index (χ1v) is 9.45. The third kappa shape index (κ3) is 3.65. The summed E-state index contributed by atoms with van der Waals surface area (Å²) in [4.78, 5) is 14.8. The lowest BCUT2D eigenvalue weighted by molar-refractivity contribution is 0.0526. The number of aromatic nitrogens is 2. The molecule has 1 aromatic heterocycles. The summed E-state index contributed by atoms with van der Waals surface area (Å²) in [7, 11) is 4.01. The number of hydrogen-bond donors (Lipinski definition) is 0. The number of benzene rings is 2. The van der Waals surface area contributed by atoms with Gasteiger partial charge in [-0.25, -0.2) is 9.48 Å². The highest BCUT2D eigenvalue weighted by Gasteiger charge is 2.25. The largest absolute Gasteiger partial charge is 0.462 e. The molecule has 3 rings (SSSR count). The SMILES string of the molecule is CCOC(=O)c1c(C)nn(-c2ccc(C)cc2C)c1-c1ccc(N(C)C)cc1. The van der Waals surface area contributed by atoms with Gasteiger partial charge in [0.1, 0.15) is 5.56 Å². The topological polar surface area (TPSA) is 47.4 Å². The lowest BCUT2D eigenvalue weighted by Crippen LogP contribution is -2.09. The molecule has 0 saturated carbocycles. The van der Waals surface area contributed by atoms with Gasteiger partial charge in [0.15, 0.2) is 0 Å². The second-order valence-corrected chi connectivity index (χ2v) is 7.17. The molecule has 28 heavy (non-hydrogen) atoms. The second-order valence-electron chi connectivity index (χ2n) is 7.17. The summed E-state index contributed by atoms with van der Waals surface area (Å²) >= 11 is 0. The lowest BCUT2D eigenvalue weighted by atomic mass is 10.0. The first-order chi connectivity index (χ1) is 13.3. The van der Waals surface area contributed by atoms with Gasteiger partial charge < -0.3 is 9.64 Å². The van der Waals surface area contributed by atoms with Crippen LogP contribution >= 0.6 is 0 Å². The van der Waals surface area contributed by atoms with E-state index in [9.17, 15) is 4.79 Å². The number of esters is 1. The van der Waals surface area contributed by atoms with Crippen molar-refractivity contribution in [1.82, 2.24) is 9.78 Å². The number of carbonyl (C=O) groups excluding carboxylic acids is 1. The molecule has 0 atom stereocenters. The summed E-state index contributed by atoms with van der Waals surface area (Å²) in [6, 6.07) is 14.3. The van der Waals surface area contributed by atoms with Gasteiger partial charge in [-0.2, -0.15) is 5.10 Å². The Morgan fingerprint density at radius 1 is 1.07 bits per heavy atom. The minimum atomic E-state index is -0.345. The molecule has 5 heteroatoms. The van der Waals surface area contributed by atoms with Gasteiger partial charge in [-0.15, -0.1) is 0 Å². The Balaban J connectivity index is 2.25. The average Bonchev–Trinajstić information content (AvgIpc) is 2.99. The van der Waals surface area contributed by atoms with Gasteiger partial charge in [0, 0.05) is 25.3 Å². The first-order valence-electron chi connectivity index (χ1n) is 9.45. The Morgan fingerprint density at radius 2 is 1.75 bits per heavy atom. The summed E-state index contributed by atoms with van der Waals surface area (Å²) in [6.45, 7) is 8.11. The lowest BCUT2D eigenvalue weighted by Gasteiger charge is -2.15. The molecule has 0 spiro atoms. The van der Waals surface area contributed by atoms with E-state index >= 15 is 0 Å². The molecular formula is C23H27N3O2. The number of rotatable bonds is 5. The van der Waals surface area contributed by atoms with E-state index in [2.05, 4.69) is 26.0 Å². The predicted molar refractivity (Wildman–Crippen MR) is 113 cm³/mol. The van der Waals surface area contributed by atoms with Crippen molar-refractivity contribution in [3.8, 4) is 16.9 Å². The maximum atomic E-state index is 12.7. The fourth-order valence-electron chi connectivity index (χ4n) is 3.38. The van der Waals surface area contributed by atoms with E-state index in [-0.39, 0.29) is 5.97 Å². The van der Waals surface area contributed by atoms with Crippen LogP contribution in [0.25, 0.3) is 16.9 Å². The zero-order chi connectivity index (χ0) is 20.4. The smallest absolute Gasteiger partial charge is 0.342 e. The van der Waals surface area contributed by atoms with E-state index < -0.39 is 0 Å². The highest BCUT2D eigenvalue weighted by Crippen LogP contribution is 2.32. The molecule has 3 aromatic rings. The minimum Gasteiger partial charge on any atom is -0.462 e. The van der Waals surface area contributed by atoms with Crippen molar-refractivity contribution in [3.05, 3.63) is 64.8 Å². The van der Waals surface area contributed by atoms with Crippen molar-refractivity contribution < 1.29 is 9.53 Å². The van der Waals surface area contributed by atoms with Crippen molar-refractivity contribution >= 4 is 11.7 Å². The summed E-state index contributed by atoms with van der Waals surface area (Å²) in [6.07, 6.45) is 0. The minimum absolute atomic E-state index is 0.325. The molecule has 0 saturated heterocycles. The highest BCUT2D eigenvalue weighted by molar-refractivity contribution is 5.98. The Hall–Kier alpha value is -3.08. The Morgan fingerprint density at radius 3 is 2.32 bits per heavy atom. The van der Waals surface area contributed by atoms with E-state index in [1.54, 1.807) is 0 Å². The number of ether oxygens (including phenoxy) is 1. The fraction of sp³-hybridized carbons (Fsp3) is 0.304. The van der Waals surface area contributed by atoms with Gasteiger partial charge in [0.25, 0.3) is 0 Å². The summed E-state index contributed by atoms with van der Waals surface area (Å²) in [5, 5.41) is 4.71. The van der Waals surface area contributed by atoms with Gasteiger partial charge in [0.05, 0.1) is 23.7 Å². The molecule has 0 aliphatic rings. The number of aryl methyl sites for hydroxylation is 3. The van der Waals surface area contributed by atoms with E-state index in [0.29, 0.717) is 17.9 Å². The Bertz CT molecular complexity index is 1000. The molecular weight excluding hydrogens is 350 g/mol. The molecule has 1 heterocycles. The quantitative estimate of drug-likeness (QED) is 0.604. The van der Waals surface area contributed by atoms with Crippen molar-refractivity contribution in [2.24, 2.45) is 0 Å². The second kappa shape index (κ2) is 7.89. The van der Waals surface area contributed by atoms with Crippen LogP contribution in [-0.4, -0.2) is 36.5 Å². The van der Waals surface area contributed by atoms with Crippen LogP contribution in [0.3, 0.4) is 0 Å². The van der Waals surface area contributed by atoms with Crippen LogP contribution in [0.1, 0.15) is 34.1 Å². The monoisotopic (exact) mass is 377 g/mol. The molecule has 0 aliphatic carbocycles. The molecule has 0 radical (unpaired) electrons. The number of hydrogen-bond acceptors (Lipinski definition) is 4. The van der Waals surface area contributed by atoms with Gasteiger partial charge in [0.2, 0.25) is 0 Å². The molecule has 2 aromatic carbocycles. The van der Waals surface area contributed by atoms with Gasteiger partial charge in [-0.05, 0) is 51.5 Å². The molecule has 0 unspecified atom stereocenters. The summed E-state index contributed by atoms with van der Waals surface area (Å²) in [5.74, 6) is -0.345. The third-order valence-electron chi connectivity index (χ3n) is 4.78. The number of nitrogens with zero attached hydrogens (tertiary/aromatic N) is 3. The zero-order valence-corrected chi connectivity index (χ0v) is 17.4. The van der Waals surface area contributed by atoms with Gasteiger partial charge in [-0.1, -0.05) is 29.8 Å². The summed E-state index contributed by atoms with van der Waals surface area (Å²) in [5.41, 5.74) is 7.19. The van der Waals surface area contributed by atoms with Crippen molar-refractivity contribution in [2.75, 3.05) is 25.6 Å². The number of anilines is 1. The van der Waals surface area contributed by atoms with Gasteiger partial charge in [-0.3, -0.25) is 0 Å². The zero-order valence-electron chi connectivity index (χ0n) is 17.4. The maximum Gasteiger partial charge on any atom is 0.342 e. The van der Waals surface area contributed by atoms with Crippen LogP contribution in [0.4, 0.5) is 5.69 Å². The average molecular weight is 377 g/mol. The van der Waals surface area contributed by atoms with E-state index in [1.807, 2.05) is 67.9 Å². The van der Waals surface area contributed by atoms with Crippen LogP contribution in [-0.2, 0) is 4.74 Å². The van der Waals surface area contributed by atoms with Crippen molar-refractivity contribution in [3.63, 3.8) is 0 Å². The molecule has 0 fully saturated rings. The van der Waals surface area contributed by atoms with Gasteiger partial charge >= 0.3 is 5.97 Å². The third-order valence-corrected chi connectivity index (χ3v) is 4.78. The Labute approximate surface area is 166 Å². The Kier molecular flexibility index (Phi) is 5.54. The standard InChI is InChI=1S/C23H27N3O2/c1-7-28-23(27)21-17(4)24-26(20-13-8-15(2)14-16(20)3)22(21)18-9-11-19(12-10-18)25(5)6/h8-14H,7H2,1-6H3. The number of carbonyl (C=O) groups is 1. The van der Waals surface area contributed by atoms with E-state index in [1.165, 1.54) is 5.56 Å². The van der Waals surface area contributed by atoms with Crippen molar-refractivity contribution in [1.29, 1.82) is 0 Å². The van der Waals surface area contributed by atoms with Crippen LogP contribution in [0, 0.1) is 20.8 Å². The molecule has 0 N–H and O–H groups in total. The molecule has 0 aliphatic heterocycles. The molecule has 0 amide bonds. The first kappa shape index (κ1) is 19.7. The maximum absolute atomic E-state index is 12.7. The normalized spacial score (nSPS) is 10.8. The predicted octanol–water partition coefficient (Wildman–Crippen LogP) is 4.71. The molecule has 146 valence electrons. The van der Waals surface area contributed by atoms with Crippen molar-refractivity contribution in [2.45, 2.75) is 27.7 Å². The fourth-order valence-corrected chi connectivity index (χ4v) is 3.38. The van der Waals surface area contributed by atoms with Crippen LogP contribution in [0.5, 0.6) is 0 Å². The van der Waals surface area contributed by atoms with E-state index in [0.717, 1.165) is 28.2 Å². The molecule has 5 nitrogen and oxygen atoms in total. The van der Waals surface area contributed by atoms with Crippen LogP contribution < -0.4 is 4.90 Å².